The van der Waals surface area contributed by atoms with Crippen LogP contribution in [0.3, 0.4) is 0 Å². The van der Waals surface area contributed by atoms with E-state index >= 15 is 0 Å². The average Bonchev–Trinajstić information content (AvgIpc) is 2.59. The molecule has 0 aliphatic carbocycles. The van der Waals surface area contributed by atoms with Crippen LogP contribution in [0.25, 0.3) is 0 Å². The van der Waals surface area contributed by atoms with Crippen molar-refractivity contribution >= 4 is 8.32 Å². The van der Waals surface area contributed by atoms with Gasteiger partial charge in [0.2, 0.25) is 0 Å². The van der Waals surface area contributed by atoms with Crippen molar-refractivity contribution in [3.63, 3.8) is 0 Å². The summed E-state index contributed by atoms with van der Waals surface area (Å²) in [5.41, 5.74) is 1.18. The largest absolute Gasteiger partial charge is 0.469 e. The molecule has 1 aromatic rings. The van der Waals surface area contributed by atoms with Gasteiger partial charge in [-0.1, -0.05) is 27.7 Å². The van der Waals surface area contributed by atoms with Gasteiger partial charge in [0.25, 0.3) is 0 Å². The lowest BCUT2D eigenvalue weighted by molar-refractivity contribution is 0.178. The Morgan fingerprint density at radius 2 is 1.94 bits per heavy atom. The Bertz CT molecular complexity index is 361. The molecule has 0 spiro atoms. The SMILES string of the molecule is CCC(O[Si](C)(C)C(C)(C)C)c1coc(C)c1. The Morgan fingerprint density at radius 1 is 1.35 bits per heavy atom. The van der Waals surface area contributed by atoms with Crippen molar-refractivity contribution in [2.75, 3.05) is 0 Å². The summed E-state index contributed by atoms with van der Waals surface area (Å²) in [6, 6.07) is 2.08. The summed E-state index contributed by atoms with van der Waals surface area (Å²) >= 11 is 0. The second kappa shape index (κ2) is 4.98. The average molecular weight is 254 g/mol. The van der Waals surface area contributed by atoms with E-state index in [9.17, 15) is 0 Å². The van der Waals surface area contributed by atoms with E-state index < -0.39 is 8.32 Å². The summed E-state index contributed by atoms with van der Waals surface area (Å²) in [7, 11) is -1.70. The second-order valence-corrected chi connectivity index (χ2v) is 11.0. The second-order valence-electron chi connectivity index (χ2n) is 6.27. The molecule has 0 aliphatic heterocycles. The van der Waals surface area contributed by atoms with Gasteiger partial charge in [-0.05, 0) is 37.5 Å². The summed E-state index contributed by atoms with van der Waals surface area (Å²) in [5.74, 6) is 0.956. The molecule has 0 fully saturated rings. The van der Waals surface area contributed by atoms with Gasteiger partial charge in [-0.3, -0.25) is 0 Å². The first-order chi connectivity index (χ1) is 7.67. The Kier molecular flexibility index (Phi) is 4.26. The minimum Gasteiger partial charge on any atom is -0.469 e. The maximum absolute atomic E-state index is 6.43. The summed E-state index contributed by atoms with van der Waals surface area (Å²) < 4.78 is 11.8. The molecular formula is C14H26O2Si. The van der Waals surface area contributed by atoms with E-state index in [-0.39, 0.29) is 11.1 Å². The highest BCUT2D eigenvalue weighted by atomic mass is 28.4. The molecule has 1 atom stereocenters. The first-order valence-corrected chi connectivity index (χ1v) is 9.31. The fourth-order valence-electron chi connectivity index (χ4n) is 1.55. The Balaban J connectivity index is 2.84. The minimum atomic E-state index is -1.70. The molecule has 0 N–H and O–H groups in total. The highest BCUT2D eigenvalue weighted by Gasteiger charge is 2.39. The van der Waals surface area contributed by atoms with Crippen molar-refractivity contribution in [2.45, 2.75) is 65.3 Å². The lowest BCUT2D eigenvalue weighted by Crippen LogP contribution is -2.41. The maximum Gasteiger partial charge on any atom is 0.192 e. The zero-order valence-electron chi connectivity index (χ0n) is 12.3. The molecule has 1 heterocycles. The predicted octanol–water partition coefficient (Wildman–Crippen LogP) is 5.06. The van der Waals surface area contributed by atoms with Crippen LogP contribution in [-0.4, -0.2) is 8.32 Å². The van der Waals surface area contributed by atoms with Crippen LogP contribution in [0.2, 0.25) is 18.1 Å². The number of aryl methyl sites for hydroxylation is 1. The lowest BCUT2D eigenvalue weighted by Gasteiger charge is -2.39. The van der Waals surface area contributed by atoms with Crippen LogP contribution in [0.5, 0.6) is 0 Å². The zero-order chi connectivity index (χ0) is 13.3. The van der Waals surface area contributed by atoms with Gasteiger partial charge in [0.05, 0.1) is 12.4 Å². The van der Waals surface area contributed by atoms with Crippen molar-refractivity contribution < 1.29 is 8.84 Å². The van der Waals surface area contributed by atoms with Gasteiger partial charge in [0.1, 0.15) is 5.76 Å². The molecule has 1 rings (SSSR count). The van der Waals surface area contributed by atoms with E-state index in [2.05, 4.69) is 46.9 Å². The molecule has 0 amide bonds. The third kappa shape index (κ3) is 3.46. The van der Waals surface area contributed by atoms with Gasteiger partial charge in [-0.15, -0.1) is 0 Å². The highest BCUT2D eigenvalue weighted by Crippen LogP contribution is 2.40. The smallest absolute Gasteiger partial charge is 0.192 e. The third-order valence-corrected chi connectivity index (χ3v) is 8.22. The van der Waals surface area contributed by atoms with Crippen molar-refractivity contribution in [2.24, 2.45) is 0 Å². The fourth-order valence-corrected chi connectivity index (χ4v) is 2.92. The molecule has 98 valence electrons. The van der Waals surface area contributed by atoms with E-state index in [4.69, 9.17) is 8.84 Å². The summed E-state index contributed by atoms with van der Waals surface area (Å²) in [6.45, 7) is 15.5. The van der Waals surface area contributed by atoms with Crippen molar-refractivity contribution in [1.29, 1.82) is 0 Å². The van der Waals surface area contributed by atoms with Gasteiger partial charge in [-0.25, -0.2) is 0 Å². The summed E-state index contributed by atoms with van der Waals surface area (Å²) in [5, 5.41) is 0.249. The molecular weight excluding hydrogens is 228 g/mol. The number of furan rings is 1. The molecule has 0 saturated carbocycles. The Hall–Kier alpha value is -0.543. The maximum atomic E-state index is 6.43. The molecule has 3 heteroatoms. The first kappa shape index (κ1) is 14.5. The fraction of sp³-hybridized carbons (Fsp3) is 0.714. The highest BCUT2D eigenvalue weighted by molar-refractivity contribution is 6.74. The van der Waals surface area contributed by atoms with Crippen LogP contribution in [0, 0.1) is 6.92 Å². The molecule has 1 unspecified atom stereocenters. The van der Waals surface area contributed by atoms with E-state index in [1.165, 1.54) is 5.56 Å². The van der Waals surface area contributed by atoms with Crippen LogP contribution in [-0.2, 0) is 4.43 Å². The van der Waals surface area contributed by atoms with Crippen molar-refractivity contribution in [1.82, 2.24) is 0 Å². The van der Waals surface area contributed by atoms with Gasteiger partial charge < -0.3 is 8.84 Å². The number of hydrogen-bond acceptors (Lipinski definition) is 2. The van der Waals surface area contributed by atoms with E-state index in [0.717, 1.165) is 12.2 Å². The molecule has 2 nitrogen and oxygen atoms in total. The third-order valence-electron chi connectivity index (χ3n) is 3.74. The van der Waals surface area contributed by atoms with Crippen molar-refractivity contribution in [3.05, 3.63) is 23.7 Å². The Labute approximate surface area is 106 Å². The number of hydrogen-bond donors (Lipinski definition) is 0. The molecule has 0 bridgehead atoms. The van der Waals surface area contributed by atoms with Gasteiger partial charge in [-0.2, -0.15) is 0 Å². The first-order valence-electron chi connectivity index (χ1n) is 6.40. The summed E-state index contributed by atoms with van der Waals surface area (Å²) in [6.07, 6.45) is 3.00. The lowest BCUT2D eigenvalue weighted by atomic mass is 10.1. The quantitative estimate of drug-likeness (QED) is 0.701. The van der Waals surface area contributed by atoms with E-state index in [0.29, 0.717) is 0 Å². The zero-order valence-corrected chi connectivity index (χ0v) is 13.3. The van der Waals surface area contributed by atoms with Crippen molar-refractivity contribution in [3.8, 4) is 0 Å². The van der Waals surface area contributed by atoms with Crippen LogP contribution in [0.15, 0.2) is 16.7 Å². The van der Waals surface area contributed by atoms with Gasteiger partial charge in [0, 0.05) is 5.56 Å². The standard InChI is InChI=1S/C14H26O2Si/c1-8-13(12-9-11(2)15-10-12)16-17(6,7)14(3,4)5/h9-10,13H,8H2,1-7H3. The monoisotopic (exact) mass is 254 g/mol. The molecule has 0 aliphatic rings. The minimum absolute atomic E-state index is 0.174. The molecule has 1 aromatic heterocycles. The van der Waals surface area contributed by atoms with Gasteiger partial charge >= 0.3 is 0 Å². The molecule has 0 radical (unpaired) electrons. The normalized spacial score (nSPS) is 15.0. The topological polar surface area (TPSA) is 22.4 Å². The number of rotatable bonds is 4. The van der Waals surface area contributed by atoms with Crippen LogP contribution >= 0.6 is 0 Å². The molecule has 0 saturated heterocycles. The van der Waals surface area contributed by atoms with Crippen LogP contribution in [0.1, 0.15) is 51.5 Å². The van der Waals surface area contributed by atoms with Crippen LogP contribution in [0.4, 0.5) is 0 Å². The Morgan fingerprint density at radius 3 is 2.29 bits per heavy atom. The van der Waals surface area contributed by atoms with Gasteiger partial charge in [0.15, 0.2) is 8.32 Å². The summed E-state index contributed by atoms with van der Waals surface area (Å²) in [4.78, 5) is 0. The molecule has 0 aromatic carbocycles. The van der Waals surface area contributed by atoms with Crippen LogP contribution < -0.4 is 0 Å². The van der Waals surface area contributed by atoms with E-state index in [1.54, 1.807) is 0 Å². The van der Waals surface area contributed by atoms with E-state index in [1.807, 2.05) is 13.2 Å². The molecule has 17 heavy (non-hydrogen) atoms. The predicted molar refractivity (Wildman–Crippen MR) is 74.8 cm³/mol.